The van der Waals surface area contributed by atoms with E-state index in [1.165, 1.54) is 4.31 Å². The molecule has 1 aromatic heterocycles. The highest BCUT2D eigenvalue weighted by Crippen LogP contribution is 2.34. The Hall–Kier alpha value is -3.15. The zero-order valence-corrected chi connectivity index (χ0v) is 18.9. The number of benzene rings is 2. The van der Waals surface area contributed by atoms with Crippen molar-refractivity contribution in [3.05, 3.63) is 42.2 Å². The van der Waals surface area contributed by atoms with Crippen LogP contribution in [0.5, 0.6) is 11.5 Å². The SMILES string of the molecule is Cn1c(CCC(=O)Nc2ccc3c(c2)OCO3)nc2cc(S(=O)(=O)N3CCOCC3)ccc21. The number of aromatic nitrogens is 2. The standard InChI is InChI=1S/C22H24N4O6S/c1-25-18-4-3-16(33(28,29)26-8-10-30-11-9-26)13-17(18)24-21(25)6-7-22(27)23-15-2-5-19-20(12-15)32-14-31-19/h2-5,12-13H,6-11,14H2,1H3,(H,23,27). The summed E-state index contributed by atoms with van der Waals surface area (Å²) in [6.45, 7) is 1.64. The molecule has 2 aliphatic heterocycles. The second kappa shape index (κ2) is 8.65. The Balaban J connectivity index is 1.28. The van der Waals surface area contributed by atoms with Crippen molar-refractivity contribution in [3.8, 4) is 11.5 Å². The molecule has 1 N–H and O–H groups in total. The number of imidazole rings is 1. The Morgan fingerprint density at radius 3 is 2.70 bits per heavy atom. The fraction of sp³-hybridized carbons (Fsp3) is 0.364. The zero-order valence-electron chi connectivity index (χ0n) is 18.1. The minimum absolute atomic E-state index is 0.156. The highest BCUT2D eigenvalue weighted by Gasteiger charge is 2.27. The zero-order chi connectivity index (χ0) is 23.0. The number of hydrogen-bond acceptors (Lipinski definition) is 7. The van der Waals surface area contributed by atoms with Crippen molar-refractivity contribution >= 4 is 32.7 Å². The van der Waals surface area contributed by atoms with Crippen LogP contribution in [0.2, 0.25) is 0 Å². The van der Waals surface area contributed by atoms with Crippen LogP contribution in [0.1, 0.15) is 12.2 Å². The summed E-state index contributed by atoms with van der Waals surface area (Å²) in [5.41, 5.74) is 2.02. The Labute approximate surface area is 191 Å². The molecule has 0 radical (unpaired) electrons. The van der Waals surface area contributed by atoms with E-state index in [1.807, 2.05) is 11.6 Å². The molecule has 0 spiro atoms. The summed E-state index contributed by atoms with van der Waals surface area (Å²) in [5.74, 6) is 1.80. The molecule has 0 saturated carbocycles. The first-order chi connectivity index (χ1) is 15.9. The summed E-state index contributed by atoms with van der Waals surface area (Å²) in [4.78, 5) is 17.3. The van der Waals surface area contributed by atoms with Crippen molar-refractivity contribution in [2.75, 3.05) is 38.4 Å². The fourth-order valence-corrected chi connectivity index (χ4v) is 5.40. The summed E-state index contributed by atoms with van der Waals surface area (Å²) < 4.78 is 45.1. The van der Waals surface area contributed by atoms with Crippen LogP contribution in [-0.4, -0.2) is 61.3 Å². The van der Waals surface area contributed by atoms with Crippen molar-refractivity contribution < 1.29 is 27.4 Å². The molecule has 0 bridgehead atoms. The number of hydrogen-bond donors (Lipinski definition) is 1. The number of anilines is 1. The van der Waals surface area contributed by atoms with Crippen LogP contribution < -0.4 is 14.8 Å². The number of aryl methyl sites for hydroxylation is 2. The Bertz CT molecular complexity index is 1310. The third-order valence-electron chi connectivity index (χ3n) is 5.78. The van der Waals surface area contributed by atoms with Gasteiger partial charge in [-0.15, -0.1) is 0 Å². The topological polar surface area (TPSA) is 112 Å². The molecule has 3 heterocycles. The van der Waals surface area contributed by atoms with E-state index in [-0.39, 0.29) is 24.0 Å². The van der Waals surface area contributed by atoms with Gasteiger partial charge in [0, 0.05) is 44.7 Å². The maximum atomic E-state index is 12.9. The Morgan fingerprint density at radius 2 is 1.88 bits per heavy atom. The molecule has 2 aliphatic rings. The van der Waals surface area contributed by atoms with Crippen molar-refractivity contribution in [2.24, 2.45) is 7.05 Å². The fourth-order valence-electron chi connectivity index (χ4n) is 3.97. The van der Waals surface area contributed by atoms with E-state index in [2.05, 4.69) is 10.3 Å². The van der Waals surface area contributed by atoms with Crippen LogP contribution in [0.4, 0.5) is 5.69 Å². The molecule has 11 heteroatoms. The molecule has 1 saturated heterocycles. The first-order valence-corrected chi connectivity index (χ1v) is 12.1. The number of morpholine rings is 1. The number of ether oxygens (including phenoxy) is 3. The highest BCUT2D eigenvalue weighted by atomic mass is 32.2. The molecular weight excluding hydrogens is 448 g/mol. The van der Waals surface area contributed by atoms with Crippen LogP contribution in [0.3, 0.4) is 0 Å². The van der Waals surface area contributed by atoms with E-state index in [1.54, 1.807) is 36.4 Å². The summed E-state index contributed by atoms with van der Waals surface area (Å²) in [5, 5.41) is 2.85. The molecule has 174 valence electrons. The molecule has 0 atom stereocenters. The molecule has 3 aromatic rings. The first kappa shape index (κ1) is 21.7. The Morgan fingerprint density at radius 1 is 1.09 bits per heavy atom. The van der Waals surface area contributed by atoms with Crippen molar-refractivity contribution in [3.63, 3.8) is 0 Å². The first-order valence-electron chi connectivity index (χ1n) is 10.6. The third kappa shape index (κ3) is 4.26. The lowest BCUT2D eigenvalue weighted by molar-refractivity contribution is -0.116. The van der Waals surface area contributed by atoms with Crippen molar-refractivity contribution in [1.29, 1.82) is 0 Å². The second-order valence-electron chi connectivity index (χ2n) is 7.87. The maximum Gasteiger partial charge on any atom is 0.243 e. The third-order valence-corrected chi connectivity index (χ3v) is 7.68. The lowest BCUT2D eigenvalue weighted by atomic mass is 10.2. The lowest BCUT2D eigenvalue weighted by Gasteiger charge is -2.26. The maximum absolute atomic E-state index is 12.9. The molecule has 2 aromatic carbocycles. The van der Waals surface area contributed by atoms with E-state index < -0.39 is 10.0 Å². The Kier molecular flexibility index (Phi) is 5.69. The molecular formula is C22H24N4O6S. The van der Waals surface area contributed by atoms with Crippen molar-refractivity contribution in [2.45, 2.75) is 17.7 Å². The van der Waals surface area contributed by atoms with Gasteiger partial charge in [0.1, 0.15) is 5.82 Å². The van der Waals surface area contributed by atoms with Gasteiger partial charge in [0.15, 0.2) is 11.5 Å². The number of carbonyl (C=O) groups excluding carboxylic acids is 1. The second-order valence-corrected chi connectivity index (χ2v) is 9.81. The number of sulfonamides is 1. The highest BCUT2D eigenvalue weighted by molar-refractivity contribution is 7.89. The van der Waals surface area contributed by atoms with Gasteiger partial charge < -0.3 is 24.1 Å². The summed E-state index contributed by atoms with van der Waals surface area (Å²) in [7, 11) is -1.74. The van der Waals surface area contributed by atoms with E-state index in [9.17, 15) is 13.2 Å². The molecule has 1 fully saturated rings. The summed E-state index contributed by atoms with van der Waals surface area (Å²) >= 11 is 0. The van der Waals surface area contributed by atoms with Gasteiger partial charge >= 0.3 is 0 Å². The lowest BCUT2D eigenvalue weighted by Crippen LogP contribution is -2.40. The normalized spacial score (nSPS) is 16.3. The average molecular weight is 473 g/mol. The van der Waals surface area contributed by atoms with Gasteiger partial charge in [0.05, 0.1) is 29.1 Å². The van der Waals surface area contributed by atoms with Gasteiger partial charge in [0.2, 0.25) is 22.7 Å². The van der Waals surface area contributed by atoms with E-state index >= 15 is 0 Å². The quantitative estimate of drug-likeness (QED) is 0.583. The van der Waals surface area contributed by atoms with Gasteiger partial charge in [-0.1, -0.05) is 0 Å². The van der Waals surface area contributed by atoms with Gasteiger partial charge in [-0.2, -0.15) is 4.31 Å². The monoisotopic (exact) mass is 472 g/mol. The van der Waals surface area contributed by atoms with E-state index in [0.717, 1.165) is 5.52 Å². The van der Waals surface area contributed by atoms with Gasteiger partial charge in [-0.25, -0.2) is 13.4 Å². The van der Waals surface area contributed by atoms with Crippen LogP contribution in [0.15, 0.2) is 41.3 Å². The number of carbonyl (C=O) groups is 1. The number of nitrogens with zero attached hydrogens (tertiary/aromatic N) is 3. The predicted octanol–water partition coefficient (Wildman–Crippen LogP) is 1.89. The molecule has 0 aliphatic carbocycles. The smallest absolute Gasteiger partial charge is 0.243 e. The van der Waals surface area contributed by atoms with Crippen LogP contribution in [-0.2, 0) is 33.0 Å². The molecule has 33 heavy (non-hydrogen) atoms. The van der Waals surface area contributed by atoms with E-state index in [4.69, 9.17) is 14.2 Å². The number of fused-ring (bicyclic) bond motifs is 2. The molecule has 5 rings (SSSR count). The molecule has 1 amide bonds. The van der Waals surface area contributed by atoms with E-state index in [0.29, 0.717) is 61.3 Å². The summed E-state index contributed by atoms with van der Waals surface area (Å²) in [6, 6.07) is 10.2. The van der Waals surface area contributed by atoms with Crippen molar-refractivity contribution in [1.82, 2.24) is 13.9 Å². The minimum Gasteiger partial charge on any atom is -0.454 e. The molecule has 0 unspecified atom stereocenters. The number of amides is 1. The summed E-state index contributed by atoms with van der Waals surface area (Å²) in [6.07, 6.45) is 0.637. The predicted molar refractivity (Wildman–Crippen MR) is 120 cm³/mol. The van der Waals surface area contributed by atoms with Crippen LogP contribution in [0, 0.1) is 0 Å². The van der Waals surface area contributed by atoms with Gasteiger partial charge in [0.25, 0.3) is 0 Å². The molecule has 10 nitrogen and oxygen atoms in total. The van der Waals surface area contributed by atoms with Crippen LogP contribution in [0.25, 0.3) is 11.0 Å². The minimum atomic E-state index is -3.60. The van der Waals surface area contributed by atoms with Crippen LogP contribution >= 0.6 is 0 Å². The average Bonchev–Trinajstić information content (AvgIpc) is 3.42. The largest absolute Gasteiger partial charge is 0.454 e. The number of nitrogens with one attached hydrogen (secondary N) is 1. The van der Waals surface area contributed by atoms with Gasteiger partial charge in [-0.05, 0) is 30.3 Å². The van der Waals surface area contributed by atoms with Gasteiger partial charge in [-0.3, -0.25) is 4.79 Å². The number of rotatable bonds is 6.